The second-order valence-electron chi connectivity index (χ2n) is 14.6. The Morgan fingerprint density at radius 1 is 0.273 bits per heavy atom. The zero-order valence-corrected chi connectivity index (χ0v) is 29.8. The summed E-state index contributed by atoms with van der Waals surface area (Å²) in [6, 6.07) is 70.4. The third-order valence-electron chi connectivity index (χ3n) is 11.5. The molecule has 0 radical (unpaired) electrons. The average Bonchev–Trinajstić information content (AvgIpc) is 3.90. The first-order chi connectivity index (χ1) is 27.2. The van der Waals surface area contributed by atoms with Crippen LogP contribution in [-0.2, 0) is 0 Å². The first kappa shape index (κ1) is 30.1. The molecule has 0 N–H and O–H groups in total. The lowest BCUT2D eigenvalue weighted by Gasteiger charge is -2.12. The van der Waals surface area contributed by atoms with Crippen LogP contribution in [-0.4, -0.2) is 9.13 Å². The maximum Gasteiger partial charge on any atom is 0.135 e. The predicted octanol–water partition coefficient (Wildman–Crippen LogP) is 14.3. The van der Waals surface area contributed by atoms with Gasteiger partial charge in [0.05, 0.1) is 22.1 Å². The molecule has 3 aromatic heterocycles. The number of fused-ring (bicyclic) bond motifs is 10. The van der Waals surface area contributed by atoms with Gasteiger partial charge in [-0.15, -0.1) is 0 Å². The highest BCUT2D eigenvalue weighted by molar-refractivity contribution is 6.13. The van der Waals surface area contributed by atoms with Crippen LogP contribution in [0.4, 0.5) is 0 Å². The summed E-state index contributed by atoms with van der Waals surface area (Å²) in [5.41, 5.74) is 13.8. The molecule has 12 aromatic rings. The van der Waals surface area contributed by atoms with E-state index in [2.05, 4.69) is 191 Å². The summed E-state index contributed by atoms with van der Waals surface area (Å²) in [6.45, 7) is 0. The summed E-state index contributed by atoms with van der Waals surface area (Å²) in [5, 5.41) is 9.73. The topological polar surface area (TPSA) is 23.0 Å². The lowest BCUT2D eigenvalue weighted by atomic mass is 9.99. The van der Waals surface area contributed by atoms with Gasteiger partial charge in [-0.2, -0.15) is 0 Å². The highest BCUT2D eigenvalue weighted by Gasteiger charge is 2.17. The van der Waals surface area contributed by atoms with E-state index in [1.54, 1.807) is 0 Å². The van der Waals surface area contributed by atoms with Gasteiger partial charge >= 0.3 is 0 Å². The van der Waals surface area contributed by atoms with Crippen molar-refractivity contribution in [2.75, 3.05) is 0 Å². The number of para-hydroxylation sites is 4. The van der Waals surface area contributed by atoms with E-state index in [1.165, 1.54) is 82.3 Å². The van der Waals surface area contributed by atoms with Crippen LogP contribution in [0.5, 0.6) is 0 Å². The van der Waals surface area contributed by atoms with Gasteiger partial charge < -0.3 is 13.6 Å². The normalized spacial score (nSPS) is 12.0. The second kappa shape index (κ2) is 11.6. The minimum atomic E-state index is 0.918. The van der Waals surface area contributed by atoms with Crippen molar-refractivity contribution < 1.29 is 4.42 Å². The van der Waals surface area contributed by atoms with E-state index >= 15 is 0 Å². The summed E-state index contributed by atoms with van der Waals surface area (Å²) >= 11 is 0. The van der Waals surface area contributed by atoms with Gasteiger partial charge in [-0.25, -0.2) is 0 Å². The quantitative estimate of drug-likeness (QED) is 0.179. The fraction of sp³-hybridized carbons (Fsp3) is 0. The Balaban J connectivity index is 0.985. The number of hydrogen-bond acceptors (Lipinski definition) is 1. The molecule has 3 nitrogen and oxygen atoms in total. The van der Waals surface area contributed by atoms with Crippen LogP contribution in [0.1, 0.15) is 0 Å². The van der Waals surface area contributed by atoms with Crippen LogP contribution >= 0.6 is 0 Å². The number of aromatic nitrogens is 2. The molecule has 9 aromatic carbocycles. The first-order valence-corrected chi connectivity index (χ1v) is 18.8. The summed E-state index contributed by atoms with van der Waals surface area (Å²) in [6.07, 6.45) is 0. The maximum absolute atomic E-state index is 6.10. The molecule has 0 spiro atoms. The molecule has 0 aliphatic rings. The smallest absolute Gasteiger partial charge is 0.135 e. The highest BCUT2D eigenvalue weighted by Crippen LogP contribution is 2.39. The zero-order valence-electron chi connectivity index (χ0n) is 29.8. The summed E-state index contributed by atoms with van der Waals surface area (Å²) in [5.74, 6) is 0. The standard InChI is InChI=1S/C52H32N2O/c1-2-10-39(11-3-1)53-48-16-8-5-13-42(48)45-30-36(22-26-49(45)53)38-21-25-43-41-12-4-7-15-47(41)54(50(43)32-38)40-24-20-34-28-33(18-19-35(34)29-40)37-23-27-52-46(31-37)44-14-6-9-17-51(44)55-52/h1-32H. The molecular weight excluding hydrogens is 669 g/mol. The van der Waals surface area contributed by atoms with Crippen LogP contribution in [0.3, 0.4) is 0 Å². The average molecular weight is 701 g/mol. The summed E-state index contributed by atoms with van der Waals surface area (Å²) < 4.78 is 10.9. The summed E-state index contributed by atoms with van der Waals surface area (Å²) in [4.78, 5) is 0. The molecule has 0 fully saturated rings. The molecule has 0 atom stereocenters. The second-order valence-corrected chi connectivity index (χ2v) is 14.6. The van der Waals surface area contributed by atoms with Gasteiger partial charge in [-0.1, -0.05) is 115 Å². The Morgan fingerprint density at radius 3 is 1.64 bits per heavy atom. The van der Waals surface area contributed by atoms with Crippen molar-refractivity contribution in [3.05, 3.63) is 194 Å². The number of furan rings is 1. The molecule has 0 bridgehead atoms. The Morgan fingerprint density at radius 2 is 0.800 bits per heavy atom. The van der Waals surface area contributed by atoms with E-state index in [0.717, 1.165) is 27.6 Å². The maximum atomic E-state index is 6.10. The number of rotatable bonds is 4. The Kier molecular flexibility index (Phi) is 6.34. The third kappa shape index (κ3) is 4.57. The van der Waals surface area contributed by atoms with E-state index in [0.29, 0.717) is 0 Å². The first-order valence-electron chi connectivity index (χ1n) is 18.8. The Bertz CT molecular complexity index is 3490. The number of nitrogens with zero attached hydrogens (tertiary/aromatic N) is 2. The molecule has 0 amide bonds. The van der Waals surface area contributed by atoms with Crippen LogP contribution in [0.2, 0.25) is 0 Å². The molecule has 0 saturated heterocycles. The fourth-order valence-corrected chi connectivity index (χ4v) is 8.89. The molecule has 12 rings (SSSR count). The molecule has 0 aliphatic carbocycles. The Hall–Kier alpha value is -7.36. The number of hydrogen-bond donors (Lipinski definition) is 0. The van der Waals surface area contributed by atoms with Crippen molar-refractivity contribution in [1.29, 1.82) is 0 Å². The molecule has 0 unspecified atom stereocenters. The van der Waals surface area contributed by atoms with Gasteiger partial charge in [0, 0.05) is 43.7 Å². The van der Waals surface area contributed by atoms with Crippen LogP contribution in [0.15, 0.2) is 199 Å². The van der Waals surface area contributed by atoms with Gasteiger partial charge in [0.15, 0.2) is 0 Å². The molecule has 0 aliphatic heterocycles. The van der Waals surface area contributed by atoms with E-state index < -0.39 is 0 Å². The van der Waals surface area contributed by atoms with Crippen LogP contribution in [0, 0.1) is 0 Å². The van der Waals surface area contributed by atoms with Crippen LogP contribution < -0.4 is 0 Å². The van der Waals surface area contributed by atoms with Gasteiger partial charge in [0.2, 0.25) is 0 Å². The summed E-state index contributed by atoms with van der Waals surface area (Å²) in [7, 11) is 0. The van der Waals surface area contributed by atoms with E-state index in [-0.39, 0.29) is 0 Å². The van der Waals surface area contributed by atoms with E-state index in [9.17, 15) is 0 Å². The molecule has 3 heteroatoms. The van der Waals surface area contributed by atoms with E-state index in [1.807, 2.05) is 12.1 Å². The highest BCUT2D eigenvalue weighted by atomic mass is 16.3. The lowest BCUT2D eigenvalue weighted by Crippen LogP contribution is -1.94. The largest absolute Gasteiger partial charge is 0.456 e. The minimum absolute atomic E-state index is 0.918. The van der Waals surface area contributed by atoms with Crippen molar-refractivity contribution in [3.8, 4) is 33.6 Å². The van der Waals surface area contributed by atoms with Gasteiger partial charge in [0.25, 0.3) is 0 Å². The van der Waals surface area contributed by atoms with Crippen molar-refractivity contribution in [2.45, 2.75) is 0 Å². The number of benzene rings is 9. The molecule has 3 heterocycles. The third-order valence-corrected chi connectivity index (χ3v) is 11.5. The van der Waals surface area contributed by atoms with Crippen LogP contribution in [0.25, 0.3) is 110 Å². The predicted molar refractivity (Wildman–Crippen MR) is 231 cm³/mol. The Labute approximate surface area is 316 Å². The molecule has 256 valence electrons. The van der Waals surface area contributed by atoms with Crippen molar-refractivity contribution in [1.82, 2.24) is 9.13 Å². The van der Waals surface area contributed by atoms with Gasteiger partial charge in [-0.3, -0.25) is 0 Å². The zero-order chi connectivity index (χ0) is 36.0. The molecule has 0 saturated carbocycles. The lowest BCUT2D eigenvalue weighted by molar-refractivity contribution is 0.669. The van der Waals surface area contributed by atoms with Gasteiger partial charge in [0.1, 0.15) is 11.2 Å². The fourth-order valence-electron chi connectivity index (χ4n) is 8.89. The van der Waals surface area contributed by atoms with Crippen molar-refractivity contribution in [2.24, 2.45) is 0 Å². The molecule has 55 heavy (non-hydrogen) atoms. The van der Waals surface area contributed by atoms with Crippen molar-refractivity contribution >= 4 is 76.3 Å². The van der Waals surface area contributed by atoms with Crippen molar-refractivity contribution in [3.63, 3.8) is 0 Å². The van der Waals surface area contributed by atoms with Gasteiger partial charge in [-0.05, 0) is 112 Å². The minimum Gasteiger partial charge on any atom is -0.456 e. The molecular formula is C52H32N2O. The van der Waals surface area contributed by atoms with E-state index in [4.69, 9.17) is 4.42 Å². The SMILES string of the molecule is c1ccc(-n2c3ccccc3c3cc(-c4ccc5c6ccccc6n(-c6ccc7cc(-c8ccc9oc%10ccccc%10c9c8)ccc7c6)c5c4)ccc32)cc1. The monoisotopic (exact) mass is 700 g/mol.